The Morgan fingerprint density at radius 3 is 2.55 bits per heavy atom. The van der Waals surface area contributed by atoms with Crippen LogP contribution in [-0.4, -0.2) is 25.8 Å². The molecule has 0 aliphatic carbocycles. The number of hydrazone groups is 1. The summed E-state index contributed by atoms with van der Waals surface area (Å²) in [7, 11) is 0. The number of nitro benzene ring substituents is 2. The second-order valence-corrected chi connectivity index (χ2v) is 6.38. The van der Waals surface area contributed by atoms with E-state index in [1.54, 1.807) is 11.6 Å². The summed E-state index contributed by atoms with van der Waals surface area (Å²) in [6.07, 6.45) is 1.40. The molecule has 0 bridgehead atoms. The highest BCUT2D eigenvalue weighted by Crippen LogP contribution is 2.29. The molecule has 0 unspecified atom stereocenters. The summed E-state index contributed by atoms with van der Waals surface area (Å²) in [6.45, 7) is 2.25. The maximum atomic E-state index is 11.2. The molecule has 0 atom stereocenters. The van der Waals surface area contributed by atoms with Gasteiger partial charge in [-0.15, -0.1) is 0 Å². The summed E-state index contributed by atoms with van der Waals surface area (Å²) in [6, 6.07) is 12.9. The van der Waals surface area contributed by atoms with Crippen LogP contribution in [0.1, 0.15) is 16.8 Å². The molecule has 0 amide bonds. The lowest BCUT2D eigenvalue weighted by Gasteiger charge is -2.03. The Bertz CT molecular complexity index is 1100. The smallest absolute Gasteiger partial charge is 0.272 e. The minimum atomic E-state index is -0.721. The zero-order chi connectivity index (χ0) is 21.0. The molecule has 29 heavy (non-hydrogen) atoms. The zero-order valence-corrected chi connectivity index (χ0v) is 15.9. The van der Waals surface area contributed by atoms with Gasteiger partial charge in [-0.1, -0.05) is 41.9 Å². The second kappa shape index (κ2) is 8.48. The number of hydrogen-bond donors (Lipinski definition) is 1. The van der Waals surface area contributed by atoms with E-state index >= 15 is 0 Å². The SMILES string of the molecule is Cc1nn(Cc2ccccc2)c(Cl)c1/C=N/Nc1ccc([N+](=O)[O-])cc1[N+](=O)[O-]. The lowest BCUT2D eigenvalue weighted by molar-refractivity contribution is -0.393. The number of anilines is 1. The van der Waals surface area contributed by atoms with Gasteiger partial charge in [-0.25, -0.2) is 4.68 Å². The van der Waals surface area contributed by atoms with Crippen LogP contribution in [0.3, 0.4) is 0 Å². The summed E-state index contributed by atoms with van der Waals surface area (Å²) < 4.78 is 1.63. The monoisotopic (exact) mass is 414 g/mol. The number of halogens is 1. The Balaban J connectivity index is 1.81. The lowest BCUT2D eigenvalue weighted by Crippen LogP contribution is -2.02. The van der Waals surface area contributed by atoms with Crippen molar-refractivity contribution in [2.24, 2.45) is 5.10 Å². The van der Waals surface area contributed by atoms with Gasteiger partial charge in [0.2, 0.25) is 0 Å². The van der Waals surface area contributed by atoms with E-state index in [2.05, 4.69) is 15.6 Å². The van der Waals surface area contributed by atoms with Crippen molar-refractivity contribution in [1.82, 2.24) is 9.78 Å². The number of nitrogens with one attached hydrogen (secondary N) is 1. The fourth-order valence-corrected chi connectivity index (χ4v) is 2.90. The molecular formula is C18H15ClN6O4. The number of nitro groups is 2. The van der Waals surface area contributed by atoms with Crippen LogP contribution >= 0.6 is 11.6 Å². The quantitative estimate of drug-likeness (QED) is 0.351. The van der Waals surface area contributed by atoms with Crippen molar-refractivity contribution in [2.75, 3.05) is 5.43 Å². The molecule has 0 saturated carbocycles. The van der Waals surface area contributed by atoms with Crippen molar-refractivity contribution in [3.05, 3.63) is 90.7 Å². The molecule has 0 aliphatic heterocycles. The molecule has 11 heteroatoms. The van der Waals surface area contributed by atoms with Crippen LogP contribution in [0, 0.1) is 27.2 Å². The average molecular weight is 415 g/mol. The molecule has 0 radical (unpaired) electrons. The predicted molar refractivity (Wildman–Crippen MR) is 108 cm³/mol. The topological polar surface area (TPSA) is 128 Å². The molecule has 0 saturated heterocycles. The first kappa shape index (κ1) is 20.0. The third kappa shape index (κ3) is 4.55. The molecule has 1 heterocycles. The molecule has 0 fully saturated rings. The first-order chi connectivity index (χ1) is 13.9. The number of nitrogens with zero attached hydrogens (tertiary/aromatic N) is 5. The van der Waals surface area contributed by atoms with Gasteiger partial charge in [0.1, 0.15) is 10.8 Å². The summed E-state index contributed by atoms with van der Waals surface area (Å²) in [5.41, 5.74) is 3.92. The van der Waals surface area contributed by atoms with Crippen molar-refractivity contribution in [1.29, 1.82) is 0 Å². The fourth-order valence-electron chi connectivity index (χ4n) is 2.62. The Morgan fingerprint density at radius 1 is 1.17 bits per heavy atom. The number of aromatic nitrogens is 2. The second-order valence-electron chi connectivity index (χ2n) is 6.02. The minimum Gasteiger partial charge on any atom is -0.272 e. The average Bonchev–Trinajstić information content (AvgIpc) is 2.96. The number of benzene rings is 2. The van der Waals surface area contributed by atoms with Gasteiger partial charge < -0.3 is 0 Å². The standard InChI is InChI=1S/C18H15ClN6O4/c1-12-15(18(19)23(22-12)11-13-5-3-2-4-6-13)10-20-21-16-8-7-14(24(26)27)9-17(16)25(28)29/h2-10,21H,11H2,1H3/b20-10+. The molecule has 148 valence electrons. The van der Waals surface area contributed by atoms with E-state index in [0.717, 1.165) is 17.7 Å². The highest BCUT2D eigenvalue weighted by Gasteiger charge is 2.19. The van der Waals surface area contributed by atoms with E-state index in [4.69, 9.17) is 11.6 Å². The van der Waals surface area contributed by atoms with Crippen LogP contribution in [-0.2, 0) is 6.54 Å². The van der Waals surface area contributed by atoms with Gasteiger partial charge in [0.05, 0.1) is 39.9 Å². The minimum absolute atomic E-state index is 0.0160. The fraction of sp³-hybridized carbons (Fsp3) is 0.111. The predicted octanol–water partition coefficient (Wildman–Crippen LogP) is 4.16. The van der Waals surface area contributed by atoms with Gasteiger partial charge in [-0.3, -0.25) is 25.7 Å². The van der Waals surface area contributed by atoms with Gasteiger partial charge in [0, 0.05) is 6.07 Å². The van der Waals surface area contributed by atoms with E-state index in [-0.39, 0.29) is 11.4 Å². The summed E-state index contributed by atoms with van der Waals surface area (Å²) >= 11 is 6.40. The number of rotatable bonds is 7. The lowest BCUT2D eigenvalue weighted by atomic mass is 10.2. The van der Waals surface area contributed by atoms with Crippen molar-refractivity contribution in [2.45, 2.75) is 13.5 Å². The number of hydrogen-bond acceptors (Lipinski definition) is 7. The summed E-state index contributed by atoms with van der Waals surface area (Å²) in [5, 5.41) is 30.7. The zero-order valence-electron chi connectivity index (χ0n) is 15.2. The van der Waals surface area contributed by atoms with Crippen LogP contribution in [0.15, 0.2) is 53.6 Å². The van der Waals surface area contributed by atoms with Crippen LogP contribution < -0.4 is 5.43 Å². The van der Waals surface area contributed by atoms with Gasteiger partial charge in [0.25, 0.3) is 5.69 Å². The van der Waals surface area contributed by atoms with Gasteiger partial charge in [0.15, 0.2) is 0 Å². The molecule has 2 aromatic carbocycles. The molecule has 3 aromatic rings. The van der Waals surface area contributed by atoms with Crippen LogP contribution in [0.5, 0.6) is 0 Å². The molecule has 3 rings (SSSR count). The Kier molecular flexibility index (Phi) is 5.84. The molecular weight excluding hydrogens is 400 g/mol. The highest BCUT2D eigenvalue weighted by molar-refractivity contribution is 6.32. The molecule has 1 N–H and O–H groups in total. The molecule has 10 nitrogen and oxygen atoms in total. The van der Waals surface area contributed by atoms with Crippen molar-refractivity contribution in [3.8, 4) is 0 Å². The van der Waals surface area contributed by atoms with E-state index in [1.807, 2.05) is 30.3 Å². The van der Waals surface area contributed by atoms with Gasteiger partial charge in [-0.2, -0.15) is 10.2 Å². The van der Waals surface area contributed by atoms with E-state index < -0.39 is 15.5 Å². The van der Waals surface area contributed by atoms with Crippen LogP contribution in [0.25, 0.3) is 0 Å². The maximum absolute atomic E-state index is 11.2. The van der Waals surface area contributed by atoms with E-state index in [0.29, 0.717) is 23.0 Å². The highest BCUT2D eigenvalue weighted by atomic mass is 35.5. The number of non-ortho nitro benzene ring substituents is 1. The van der Waals surface area contributed by atoms with Crippen molar-refractivity contribution in [3.63, 3.8) is 0 Å². The molecule has 1 aromatic heterocycles. The Morgan fingerprint density at radius 2 is 1.90 bits per heavy atom. The molecule has 0 spiro atoms. The first-order valence-electron chi connectivity index (χ1n) is 8.35. The van der Waals surface area contributed by atoms with E-state index in [9.17, 15) is 20.2 Å². The van der Waals surface area contributed by atoms with Gasteiger partial charge >= 0.3 is 5.69 Å². The van der Waals surface area contributed by atoms with Crippen LogP contribution in [0.2, 0.25) is 5.15 Å². The van der Waals surface area contributed by atoms with Crippen molar-refractivity contribution >= 4 is 34.9 Å². The maximum Gasteiger partial charge on any atom is 0.301 e. The molecule has 0 aliphatic rings. The van der Waals surface area contributed by atoms with Crippen LogP contribution in [0.4, 0.5) is 17.1 Å². The Labute approximate surface area is 169 Å². The largest absolute Gasteiger partial charge is 0.301 e. The summed E-state index contributed by atoms with van der Waals surface area (Å²) in [4.78, 5) is 20.5. The van der Waals surface area contributed by atoms with Crippen molar-refractivity contribution < 1.29 is 9.85 Å². The van der Waals surface area contributed by atoms with Gasteiger partial charge in [-0.05, 0) is 18.6 Å². The third-order valence-electron chi connectivity index (χ3n) is 4.05. The first-order valence-corrected chi connectivity index (χ1v) is 8.73. The normalized spacial score (nSPS) is 11.0. The van der Waals surface area contributed by atoms with E-state index in [1.165, 1.54) is 12.3 Å². The third-order valence-corrected chi connectivity index (χ3v) is 4.45. The summed E-state index contributed by atoms with van der Waals surface area (Å²) in [5.74, 6) is 0. The number of aryl methyl sites for hydroxylation is 1. The Hall–Kier alpha value is -3.79.